The smallest absolute Gasteiger partial charge is 0.135 e. The van der Waals surface area contributed by atoms with Gasteiger partial charge in [0.1, 0.15) is 11.2 Å². The molecule has 254 valence electrons. The fourth-order valence-electron chi connectivity index (χ4n) is 7.96. The third-order valence-electron chi connectivity index (χ3n) is 10.5. The number of furan rings is 1. The van der Waals surface area contributed by atoms with E-state index in [4.69, 9.17) is 4.42 Å². The molecule has 0 aliphatic rings. The summed E-state index contributed by atoms with van der Waals surface area (Å²) in [6, 6.07) is 76.0. The third-order valence-corrected chi connectivity index (χ3v) is 10.5. The molecule has 0 saturated heterocycles. The lowest BCUT2D eigenvalue weighted by Crippen LogP contribution is -2.12. The maximum atomic E-state index is 6.28. The van der Waals surface area contributed by atoms with Crippen molar-refractivity contribution in [1.82, 2.24) is 0 Å². The average molecular weight is 690 g/mol. The topological polar surface area (TPSA) is 16.4 Å². The molecule has 54 heavy (non-hydrogen) atoms. The predicted octanol–water partition coefficient (Wildman–Crippen LogP) is 14.9. The van der Waals surface area contributed by atoms with Crippen LogP contribution in [0.1, 0.15) is 0 Å². The first-order chi connectivity index (χ1) is 26.8. The van der Waals surface area contributed by atoms with Crippen molar-refractivity contribution in [3.63, 3.8) is 0 Å². The zero-order valence-corrected chi connectivity index (χ0v) is 29.6. The number of anilines is 3. The Kier molecular flexibility index (Phi) is 7.85. The molecule has 10 rings (SSSR count). The number of fused-ring (bicyclic) bond motifs is 4. The maximum absolute atomic E-state index is 6.28. The molecule has 0 aliphatic carbocycles. The molecular weight excluding hydrogens is 655 g/mol. The number of nitrogens with zero attached hydrogens (tertiary/aromatic N) is 1. The van der Waals surface area contributed by atoms with Crippen LogP contribution in [0.5, 0.6) is 0 Å². The van der Waals surface area contributed by atoms with E-state index in [-0.39, 0.29) is 0 Å². The molecule has 0 spiro atoms. The van der Waals surface area contributed by atoms with E-state index in [1.165, 1.54) is 49.7 Å². The number of hydrogen-bond donors (Lipinski definition) is 0. The monoisotopic (exact) mass is 689 g/mol. The highest BCUT2D eigenvalue weighted by Gasteiger charge is 2.22. The Balaban J connectivity index is 1.16. The van der Waals surface area contributed by atoms with Crippen LogP contribution < -0.4 is 4.90 Å². The van der Waals surface area contributed by atoms with Crippen molar-refractivity contribution >= 4 is 49.8 Å². The van der Waals surface area contributed by atoms with Gasteiger partial charge >= 0.3 is 0 Å². The van der Waals surface area contributed by atoms with Crippen molar-refractivity contribution in [3.8, 4) is 44.5 Å². The fraction of sp³-hybridized carbons (Fsp3) is 0. The summed E-state index contributed by atoms with van der Waals surface area (Å²) in [6.45, 7) is 0. The van der Waals surface area contributed by atoms with Gasteiger partial charge in [0.15, 0.2) is 0 Å². The Morgan fingerprint density at radius 2 is 0.815 bits per heavy atom. The molecule has 9 aromatic carbocycles. The molecule has 10 aromatic rings. The van der Waals surface area contributed by atoms with Crippen molar-refractivity contribution in [2.24, 2.45) is 0 Å². The molecule has 1 aromatic heterocycles. The summed E-state index contributed by atoms with van der Waals surface area (Å²) in [5, 5.41) is 4.59. The first kappa shape index (κ1) is 31.6. The van der Waals surface area contributed by atoms with Gasteiger partial charge in [0.05, 0.1) is 11.4 Å². The van der Waals surface area contributed by atoms with Gasteiger partial charge in [0.25, 0.3) is 0 Å². The van der Waals surface area contributed by atoms with Crippen LogP contribution in [-0.2, 0) is 0 Å². The van der Waals surface area contributed by atoms with E-state index in [0.29, 0.717) is 0 Å². The second-order valence-corrected chi connectivity index (χ2v) is 13.7. The minimum Gasteiger partial charge on any atom is -0.456 e. The van der Waals surface area contributed by atoms with Gasteiger partial charge in [-0.05, 0) is 80.7 Å². The van der Waals surface area contributed by atoms with Gasteiger partial charge in [-0.1, -0.05) is 176 Å². The van der Waals surface area contributed by atoms with E-state index in [0.717, 1.165) is 44.6 Å². The summed E-state index contributed by atoms with van der Waals surface area (Å²) < 4.78 is 6.28. The minimum absolute atomic E-state index is 0.879. The zero-order valence-electron chi connectivity index (χ0n) is 29.6. The van der Waals surface area contributed by atoms with Crippen LogP contribution in [0.4, 0.5) is 17.1 Å². The third kappa shape index (κ3) is 5.53. The average Bonchev–Trinajstić information content (AvgIpc) is 3.63. The highest BCUT2D eigenvalue weighted by atomic mass is 16.3. The van der Waals surface area contributed by atoms with E-state index in [2.05, 4.69) is 205 Å². The second kappa shape index (κ2) is 13.4. The summed E-state index contributed by atoms with van der Waals surface area (Å²) >= 11 is 0. The van der Waals surface area contributed by atoms with Crippen molar-refractivity contribution < 1.29 is 4.42 Å². The summed E-state index contributed by atoms with van der Waals surface area (Å²) in [4.78, 5) is 2.42. The lowest BCUT2D eigenvalue weighted by atomic mass is 9.88. The highest BCUT2D eigenvalue weighted by molar-refractivity contribution is 6.08. The summed E-state index contributed by atoms with van der Waals surface area (Å²) in [5.74, 6) is 0. The Labute approximate surface area is 314 Å². The highest BCUT2D eigenvalue weighted by Crippen LogP contribution is 2.47. The van der Waals surface area contributed by atoms with Crippen molar-refractivity contribution in [2.75, 3.05) is 4.90 Å². The van der Waals surface area contributed by atoms with Crippen molar-refractivity contribution in [3.05, 3.63) is 212 Å². The molecule has 0 unspecified atom stereocenters. The van der Waals surface area contributed by atoms with Crippen LogP contribution >= 0.6 is 0 Å². The normalized spacial score (nSPS) is 11.3. The molecule has 0 N–H and O–H groups in total. The Bertz CT molecular complexity index is 2930. The predicted molar refractivity (Wildman–Crippen MR) is 228 cm³/mol. The van der Waals surface area contributed by atoms with Crippen LogP contribution in [0.25, 0.3) is 77.2 Å². The van der Waals surface area contributed by atoms with Gasteiger partial charge in [0, 0.05) is 27.4 Å². The van der Waals surface area contributed by atoms with Gasteiger partial charge in [-0.3, -0.25) is 0 Å². The van der Waals surface area contributed by atoms with Gasteiger partial charge in [-0.15, -0.1) is 0 Å². The molecule has 2 nitrogen and oxygen atoms in total. The Morgan fingerprint density at radius 3 is 1.61 bits per heavy atom. The molecule has 0 atom stereocenters. The van der Waals surface area contributed by atoms with Gasteiger partial charge in [-0.2, -0.15) is 0 Å². The fourth-order valence-corrected chi connectivity index (χ4v) is 7.96. The number of benzene rings is 9. The van der Waals surface area contributed by atoms with Crippen molar-refractivity contribution in [1.29, 1.82) is 0 Å². The standard InChI is InChI=1S/C52H35NO/c1-2-15-36(16-3-1)37-29-31-39(32-30-37)41-19-6-7-21-43(41)44-22-8-9-23-45(44)46-24-10-12-26-50(46)53(49-27-14-18-38-17-4-5-20-42(38)49)40-33-34-52-48(35-40)47-25-11-13-28-51(47)54-52/h1-35H. The van der Waals surface area contributed by atoms with E-state index in [9.17, 15) is 0 Å². The van der Waals surface area contributed by atoms with Crippen molar-refractivity contribution in [2.45, 2.75) is 0 Å². The largest absolute Gasteiger partial charge is 0.456 e. The lowest BCUT2D eigenvalue weighted by Gasteiger charge is -2.29. The van der Waals surface area contributed by atoms with Crippen LogP contribution in [0.2, 0.25) is 0 Å². The van der Waals surface area contributed by atoms with E-state index >= 15 is 0 Å². The Hall–Kier alpha value is -7.16. The minimum atomic E-state index is 0.879. The van der Waals surface area contributed by atoms with E-state index in [1.807, 2.05) is 12.1 Å². The second-order valence-electron chi connectivity index (χ2n) is 13.7. The molecule has 0 radical (unpaired) electrons. The van der Waals surface area contributed by atoms with Crippen LogP contribution in [-0.4, -0.2) is 0 Å². The van der Waals surface area contributed by atoms with Gasteiger partial charge in [0.2, 0.25) is 0 Å². The molecule has 0 aliphatic heterocycles. The summed E-state index contributed by atoms with van der Waals surface area (Å²) in [5.41, 5.74) is 14.5. The van der Waals surface area contributed by atoms with Crippen LogP contribution in [0, 0.1) is 0 Å². The summed E-state index contributed by atoms with van der Waals surface area (Å²) in [6.07, 6.45) is 0. The molecule has 0 bridgehead atoms. The quantitative estimate of drug-likeness (QED) is 0.166. The first-order valence-electron chi connectivity index (χ1n) is 18.4. The van der Waals surface area contributed by atoms with Crippen LogP contribution in [0.15, 0.2) is 217 Å². The van der Waals surface area contributed by atoms with E-state index in [1.54, 1.807) is 0 Å². The molecule has 0 fully saturated rings. The zero-order chi connectivity index (χ0) is 35.8. The molecule has 2 heteroatoms. The number of rotatable bonds is 7. The first-order valence-corrected chi connectivity index (χ1v) is 18.4. The molecule has 0 amide bonds. The van der Waals surface area contributed by atoms with E-state index < -0.39 is 0 Å². The number of para-hydroxylation sites is 2. The van der Waals surface area contributed by atoms with Gasteiger partial charge < -0.3 is 9.32 Å². The number of hydrogen-bond acceptors (Lipinski definition) is 2. The molecule has 0 saturated carbocycles. The Morgan fingerprint density at radius 1 is 0.296 bits per heavy atom. The molecule has 1 heterocycles. The lowest BCUT2D eigenvalue weighted by molar-refractivity contribution is 0.669. The molecular formula is C52H35NO. The SMILES string of the molecule is c1ccc(-c2ccc(-c3ccccc3-c3ccccc3-c3ccccc3N(c3ccc4oc5ccccc5c4c3)c3cccc4ccccc34)cc2)cc1. The maximum Gasteiger partial charge on any atom is 0.135 e. The van der Waals surface area contributed by atoms with Crippen LogP contribution in [0.3, 0.4) is 0 Å². The van der Waals surface area contributed by atoms with Gasteiger partial charge in [-0.25, -0.2) is 0 Å². The summed E-state index contributed by atoms with van der Waals surface area (Å²) in [7, 11) is 0.